The monoisotopic (exact) mass is 422 g/mol. The molecule has 0 saturated heterocycles. The Morgan fingerprint density at radius 1 is 0.741 bits per heavy atom. The van der Waals surface area contributed by atoms with Crippen molar-refractivity contribution in [3.05, 3.63) is 71.1 Å². The molecule has 0 saturated carbocycles. The van der Waals surface area contributed by atoms with Crippen LogP contribution < -0.4 is 9.44 Å². The third-order valence-corrected chi connectivity index (χ3v) is 8.11. The van der Waals surface area contributed by atoms with Crippen molar-refractivity contribution in [2.45, 2.75) is 23.0 Å². The van der Waals surface area contributed by atoms with Crippen LogP contribution in [0.25, 0.3) is 0 Å². The van der Waals surface area contributed by atoms with Crippen LogP contribution in [0.2, 0.25) is 0 Å². The first-order valence-corrected chi connectivity index (χ1v) is 11.8. The van der Waals surface area contributed by atoms with E-state index in [1.54, 1.807) is 23.6 Å². The van der Waals surface area contributed by atoms with Crippen LogP contribution in [0, 0.1) is 13.8 Å². The van der Waals surface area contributed by atoms with Crippen LogP contribution in [0.1, 0.15) is 11.1 Å². The number of thiophene rings is 1. The molecular weight excluding hydrogens is 404 g/mol. The summed E-state index contributed by atoms with van der Waals surface area (Å²) in [5.74, 6) is 0. The highest BCUT2D eigenvalue weighted by molar-refractivity contribution is 7.94. The summed E-state index contributed by atoms with van der Waals surface area (Å²) in [6, 6.07) is 14.0. The van der Waals surface area contributed by atoms with Crippen LogP contribution >= 0.6 is 11.3 Å². The van der Waals surface area contributed by atoms with Gasteiger partial charge in [-0.3, -0.25) is 9.44 Å². The normalized spacial score (nSPS) is 11.9. The van der Waals surface area contributed by atoms with Gasteiger partial charge in [-0.25, -0.2) is 16.8 Å². The van der Waals surface area contributed by atoms with Crippen molar-refractivity contribution < 1.29 is 16.8 Å². The molecule has 0 unspecified atom stereocenters. The van der Waals surface area contributed by atoms with Gasteiger partial charge in [0.15, 0.2) is 0 Å². The Balaban J connectivity index is 1.78. The summed E-state index contributed by atoms with van der Waals surface area (Å²) in [6.45, 7) is 3.85. The van der Waals surface area contributed by atoms with E-state index in [-0.39, 0.29) is 14.8 Å². The van der Waals surface area contributed by atoms with Crippen LogP contribution in [0.3, 0.4) is 0 Å². The second-order valence-electron chi connectivity index (χ2n) is 5.97. The predicted molar refractivity (Wildman–Crippen MR) is 108 cm³/mol. The minimum atomic E-state index is -3.77. The molecule has 6 nitrogen and oxygen atoms in total. The Hall–Kier alpha value is -2.36. The summed E-state index contributed by atoms with van der Waals surface area (Å²) in [4.78, 5) is 0.0415. The molecule has 3 aromatic rings. The number of aryl methyl sites for hydroxylation is 2. The number of nitrogens with one attached hydrogen (secondary N) is 2. The maximum absolute atomic E-state index is 12.5. The molecule has 0 amide bonds. The Morgan fingerprint density at radius 2 is 1.37 bits per heavy atom. The molecule has 2 N–H and O–H groups in total. The van der Waals surface area contributed by atoms with Crippen molar-refractivity contribution in [1.29, 1.82) is 0 Å². The van der Waals surface area contributed by atoms with Crippen LogP contribution in [0.5, 0.6) is 0 Å². The van der Waals surface area contributed by atoms with E-state index in [1.807, 2.05) is 19.9 Å². The van der Waals surface area contributed by atoms with Gasteiger partial charge in [0.1, 0.15) is 4.21 Å². The zero-order valence-corrected chi connectivity index (χ0v) is 17.1. The first kappa shape index (κ1) is 19.4. The van der Waals surface area contributed by atoms with E-state index in [0.29, 0.717) is 5.69 Å². The molecule has 9 heteroatoms. The molecule has 1 aromatic heterocycles. The van der Waals surface area contributed by atoms with Gasteiger partial charge in [-0.2, -0.15) is 0 Å². The summed E-state index contributed by atoms with van der Waals surface area (Å²) in [5, 5.41) is 1.67. The van der Waals surface area contributed by atoms with Gasteiger partial charge >= 0.3 is 0 Å². The van der Waals surface area contributed by atoms with E-state index in [9.17, 15) is 16.8 Å². The van der Waals surface area contributed by atoms with Gasteiger partial charge in [0.2, 0.25) is 0 Å². The summed E-state index contributed by atoms with van der Waals surface area (Å²) in [7, 11) is -7.44. The van der Waals surface area contributed by atoms with Crippen LogP contribution in [0.4, 0.5) is 11.4 Å². The third kappa shape index (κ3) is 4.49. The molecule has 0 atom stereocenters. The highest BCUT2D eigenvalue weighted by atomic mass is 32.2. The molecular formula is C18H18N2O4S3. The molecule has 2 aromatic carbocycles. The lowest BCUT2D eigenvalue weighted by Crippen LogP contribution is -2.14. The lowest BCUT2D eigenvalue weighted by molar-refractivity contribution is 0.600. The zero-order valence-electron chi connectivity index (χ0n) is 14.6. The summed E-state index contributed by atoms with van der Waals surface area (Å²) < 4.78 is 54.6. The molecule has 142 valence electrons. The number of sulfonamides is 2. The van der Waals surface area contributed by atoms with Crippen molar-refractivity contribution >= 4 is 42.8 Å². The Kier molecular flexibility index (Phi) is 5.27. The highest BCUT2D eigenvalue weighted by Crippen LogP contribution is 2.23. The summed E-state index contributed by atoms with van der Waals surface area (Å²) in [5.41, 5.74) is 2.81. The van der Waals surface area contributed by atoms with Gasteiger partial charge in [-0.05, 0) is 72.8 Å². The van der Waals surface area contributed by atoms with Crippen LogP contribution in [0.15, 0.2) is 69.1 Å². The molecule has 27 heavy (non-hydrogen) atoms. The fraction of sp³-hybridized carbons (Fsp3) is 0.111. The third-order valence-electron chi connectivity index (χ3n) is 3.94. The molecule has 0 aliphatic rings. The quantitative estimate of drug-likeness (QED) is 0.629. The van der Waals surface area contributed by atoms with E-state index >= 15 is 0 Å². The summed E-state index contributed by atoms with van der Waals surface area (Å²) in [6.07, 6.45) is 0. The van der Waals surface area contributed by atoms with Crippen molar-refractivity contribution in [3.63, 3.8) is 0 Å². The van der Waals surface area contributed by atoms with Crippen molar-refractivity contribution in [2.75, 3.05) is 9.44 Å². The minimum Gasteiger partial charge on any atom is -0.280 e. The minimum absolute atomic E-state index is 0.0415. The van der Waals surface area contributed by atoms with Gasteiger partial charge in [0.05, 0.1) is 4.90 Å². The molecule has 0 aliphatic heterocycles. The van der Waals surface area contributed by atoms with Gasteiger partial charge in [0, 0.05) is 11.4 Å². The highest BCUT2D eigenvalue weighted by Gasteiger charge is 2.17. The largest absolute Gasteiger partial charge is 0.280 e. The molecule has 0 spiro atoms. The fourth-order valence-electron chi connectivity index (χ4n) is 2.34. The number of rotatable bonds is 6. The summed E-state index contributed by atoms with van der Waals surface area (Å²) >= 11 is 1.10. The van der Waals surface area contributed by atoms with Gasteiger partial charge in [0.25, 0.3) is 20.0 Å². The Morgan fingerprint density at radius 3 is 1.96 bits per heavy atom. The number of hydrogen-bond acceptors (Lipinski definition) is 5. The average molecular weight is 423 g/mol. The first-order valence-electron chi connectivity index (χ1n) is 7.94. The molecule has 0 aliphatic carbocycles. The SMILES string of the molecule is Cc1ccc(NS(=O)(=O)c2ccc(NS(=O)(=O)c3cccs3)cc2)cc1C. The number of hydrogen-bond donors (Lipinski definition) is 2. The Labute approximate surface area is 163 Å². The maximum atomic E-state index is 12.5. The second kappa shape index (κ2) is 7.34. The lowest BCUT2D eigenvalue weighted by atomic mass is 10.1. The lowest BCUT2D eigenvalue weighted by Gasteiger charge is -2.11. The van der Waals surface area contributed by atoms with Crippen LogP contribution in [-0.2, 0) is 20.0 Å². The van der Waals surface area contributed by atoms with E-state index in [1.165, 1.54) is 30.3 Å². The van der Waals surface area contributed by atoms with Crippen molar-refractivity contribution in [1.82, 2.24) is 0 Å². The molecule has 0 radical (unpaired) electrons. The molecule has 0 bridgehead atoms. The maximum Gasteiger partial charge on any atom is 0.271 e. The van der Waals surface area contributed by atoms with Crippen molar-refractivity contribution in [2.24, 2.45) is 0 Å². The fourth-order valence-corrected chi connectivity index (χ4v) is 5.44. The number of benzene rings is 2. The van der Waals surface area contributed by atoms with E-state index in [4.69, 9.17) is 0 Å². The molecule has 1 heterocycles. The Bertz CT molecular complexity index is 1150. The first-order chi connectivity index (χ1) is 12.7. The predicted octanol–water partition coefficient (Wildman–Crippen LogP) is 3.97. The van der Waals surface area contributed by atoms with Crippen molar-refractivity contribution in [3.8, 4) is 0 Å². The van der Waals surface area contributed by atoms with Gasteiger partial charge in [-0.1, -0.05) is 12.1 Å². The molecule has 3 rings (SSSR count). The topological polar surface area (TPSA) is 92.3 Å². The standard InChI is InChI=1S/C18H18N2O4S3/c1-13-5-6-16(12-14(13)2)20-26(21,22)17-9-7-15(8-10-17)19-27(23,24)18-4-3-11-25-18/h3-12,19-20H,1-2H3. The van der Waals surface area contributed by atoms with E-state index in [0.717, 1.165) is 22.5 Å². The second-order valence-corrected chi connectivity index (χ2v) is 10.5. The smallest absolute Gasteiger partial charge is 0.271 e. The zero-order chi connectivity index (χ0) is 19.7. The van der Waals surface area contributed by atoms with E-state index < -0.39 is 20.0 Å². The number of anilines is 2. The molecule has 0 fully saturated rings. The van der Waals surface area contributed by atoms with Gasteiger partial charge < -0.3 is 0 Å². The van der Waals surface area contributed by atoms with E-state index in [2.05, 4.69) is 9.44 Å². The van der Waals surface area contributed by atoms with Crippen LogP contribution in [-0.4, -0.2) is 16.8 Å². The average Bonchev–Trinajstić information content (AvgIpc) is 3.14. The van der Waals surface area contributed by atoms with Gasteiger partial charge in [-0.15, -0.1) is 11.3 Å².